The summed E-state index contributed by atoms with van der Waals surface area (Å²) in [6, 6.07) is 13.6. The predicted molar refractivity (Wildman–Crippen MR) is 89.4 cm³/mol. The van der Waals surface area contributed by atoms with Gasteiger partial charge in [0, 0.05) is 6.42 Å². The molecule has 0 spiro atoms. The zero-order chi connectivity index (χ0) is 18.2. The molecule has 6 heteroatoms. The monoisotopic (exact) mass is 344 g/mol. The van der Waals surface area contributed by atoms with Gasteiger partial charge < -0.3 is 0 Å². The lowest BCUT2D eigenvalue weighted by Gasteiger charge is -2.13. The summed E-state index contributed by atoms with van der Waals surface area (Å²) in [5.74, 6) is -1.32. The third kappa shape index (κ3) is 5.70. The van der Waals surface area contributed by atoms with Crippen LogP contribution >= 0.6 is 0 Å². The quantitative estimate of drug-likeness (QED) is 0.431. The van der Waals surface area contributed by atoms with E-state index >= 15 is 0 Å². The molecule has 0 aliphatic heterocycles. The molecule has 132 valence electrons. The number of rotatable bonds is 7. The molecule has 0 saturated heterocycles. The van der Waals surface area contributed by atoms with Gasteiger partial charge >= 0.3 is 11.9 Å². The number of hydrogen-bond donors (Lipinski definition) is 0. The Kier molecular flexibility index (Phi) is 6.68. The average Bonchev–Trinajstić information content (AvgIpc) is 2.62. The molecule has 0 heterocycles. The van der Waals surface area contributed by atoms with Crippen molar-refractivity contribution in [2.45, 2.75) is 33.5 Å². The van der Waals surface area contributed by atoms with Crippen LogP contribution in [0, 0.1) is 13.8 Å². The second-order valence-electron chi connectivity index (χ2n) is 5.50. The molecule has 0 amide bonds. The summed E-state index contributed by atoms with van der Waals surface area (Å²) >= 11 is 0. The van der Waals surface area contributed by atoms with Gasteiger partial charge in [-0.15, -0.1) is 9.78 Å². The minimum Gasteiger partial charge on any atom is -0.290 e. The zero-order valence-corrected chi connectivity index (χ0v) is 14.4. The number of carbonyl (C=O) groups is 2. The maximum absolute atomic E-state index is 11.9. The lowest BCUT2D eigenvalue weighted by Crippen LogP contribution is -2.21. The minimum atomic E-state index is -1.02. The maximum atomic E-state index is 11.9. The predicted octanol–water partition coefficient (Wildman–Crippen LogP) is 3.92. The van der Waals surface area contributed by atoms with Gasteiger partial charge in [0.1, 0.15) is 0 Å². The summed E-state index contributed by atoms with van der Waals surface area (Å²) in [5, 5.41) is 0. The number of hydrogen-bond acceptors (Lipinski definition) is 6. The fourth-order valence-corrected chi connectivity index (χ4v) is 1.82. The third-order valence-corrected chi connectivity index (χ3v) is 3.37. The van der Waals surface area contributed by atoms with Crippen molar-refractivity contribution in [3.8, 4) is 0 Å². The van der Waals surface area contributed by atoms with Gasteiger partial charge in [0.05, 0.1) is 11.1 Å². The molecule has 0 atom stereocenters. The lowest BCUT2D eigenvalue weighted by atomic mass is 10.2. The van der Waals surface area contributed by atoms with Crippen molar-refractivity contribution in [1.82, 2.24) is 0 Å². The molecule has 6 nitrogen and oxygen atoms in total. The zero-order valence-electron chi connectivity index (χ0n) is 14.4. The Labute approximate surface area is 146 Å². The molecule has 0 aromatic heterocycles. The van der Waals surface area contributed by atoms with Gasteiger partial charge in [-0.2, -0.15) is 0 Å². The summed E-state index contributed by atoms with van der Waals surface area (Å²) in [7, 11) is 0. The van der Waals surface area contributed by atoms with Gasteiger partial charge in [-0.3, -0.25) is 9.78 Å². The topological polar surface area (TPSA) is 71.1 Å². The number of aryl methyl sites for hydroxylation is 2. The molecule has 0 aliphatic rings. The molecule has 2 aromatic carbocycles. The largest absolute Gasteiger partial charge is 0.373 e. The van der Waals surface area contributed by atoms with Crippen LogP contribution in [0.3, 0.4) is 0 Å². The highest BCUT2D eigenvalue weighted by molar-refractivity contribution is 5.89. The first-order valence-corrected chi connectivity index (χ1v) is 7.88. The van der Waals surface area contributed by atoms with Gasteiger partial charge in [-0.1, -0.05) is 42.3 Å². The first-order valence-electron chi connectivity index (χ1n) is 7.88. The molecule has 25 heavy (non-hydrogen) atoms. The molecule has 0 fully saturated rings. The molecule has 0 bridgehead atoms. The van der Waals surface area contributed by atoms with Crippen molar-refractivity contribution in [3.63, 3.8) is 0 Å². The molecule has 0 radical (unpaired) electrons. The van der Waals surface area contributed by atoms with E-state index in [2.05, 4.69) is 0 Å². The van der Waals surface area contributed by atoms with Crippen molar-refractivity contribution in [2.75, 3.05) is 0 Å². The van der Waals surface area contributed by atoms with Gasteiger partial charge in [-0.05, 0) is 38.1 Å². The van der Waals surface area contributed by atoms with E-state index in [-0.39, 0.29) is 0 Å². The van der Waals surface area contributed by atoms with Crippen LogP contribution in [0.2, 0.25) is 0 Å². The van der Waals surface area contributed by atoms with Crippen LogP contribution < -0.4 is 0 Å². The van der Waals surface area contributed by atoms with Crippen molar-refractivity contribution in [3.05, 3.63) is 70.8 Å². The van der Waals surface area contributed by atoms with E-state index in [1.165, 1.54) is 0 Å². The Morgan fingerprint density at radius 1 is 0.760 bits per heavy atom. The fraction of sp³-hybridized carbons (Fsp3) is 0.263. The van der Waals surface area contributed by atoms with Crippen molar-refractivity contribution >= 4 is 11.9 Å². The summed E-state index contributed by atoms with van der Waals surface area (Å²) in [6.07, 6.45) is -0.716. The van der Waals surface area contributed by atoms with Crippen molar-refractivity contribution in [2.24, 2.45) is 0 Å². The molecule has 2 aromatic rings. The average molecular weight is 344 g/mol. The summed E-state index contributed by atoms with van der Waals surface area (Å²) in [4.78, 5) is 42.9. The van der Waals surface area contributed by atoms with Crippen LogP contribution in [-0.4, -0.2) is 18.2 Å². The Bertz CT molecular complexity index is 644. The van der Waals surface area contributed by atoms with E-state index in [1.807, 2.05) is 13.8 Å². The van der Waals surface area contributed by atoms with Gasteiger partial charge in [0.2, 0.25) is 6.29 Å². The SMILES string of the molecule is CCC(OOC(=O)c1ccc(C)cc1)OOC(=O)c1ccc(C)cc1. The molecule has 0 N–H and O–H groups in total. The normalized spacial score (nSPS) is 10.6. The number of carbonyl (C=O) groups excluding carboxylic acids is 2. The Hall–Kier alpha value is -2.70. The van der Waals surface area contributed by atoms with Crippen LogP contribution in [0.4, 0.5) is 0 Å². The Morgan fingerprint density at radius 2 is 1.12 bits per heavy atom. The smallest absolute Gasteiger partial charge is 0.290 e. The standard InChI is InChI=1S/C19H20O6/c1-4-17(22-24-18(20)15-9-5-13(2)6-10-15)23-25-19(21)16-11-7-14(3)8-12-16/h5-12,17H,4H2,1-3H3. The molecule has 0 unspecified atom stereocenters. The third-order valence-electron chi connectivity index (χ3n) is 3.37. The second kappa shape index (κ2) is 8.96. The van der Waals surface area contributed by atoms with Crippen LogP contribution in [-0.2, 0) is 19.6 Å². The van der Waals surface area contributed by atoms with Crippen LogP contribution in [0.25, 0.3) is 0 Å². The number of benzene rings is 2. The molecule has 2 rings (SSSR count). The second-order valence-corrected chi connectivity index (χ2v) is 5.50. The van der Waals surface area contributed by atoms with E-state index in [0.29, 0.717) is 17.5 Å². The summed E-state index contributed by atoms with van der Waals surface area (Å²) < 4.78 is 0. The summed E-state index contributed by atoms with van der Waals surface area (Å²) in [6.45, 7) is 5.55. The molecular weight excluding hydrogens is 324 g/mol. The van der Waals surface area contributed by atoms with Crippen LogP contribution in [0.1, 0.15) is 45.2 Å². The van der Waals surface area contributed by atoms with Crippen LogP contribution in [0.5, 0.6) is 0 Å². The molecule has 0 aliphatic carbocycles. The van der Waals surface area contributed by atoms with Gasteiger partial charge in [0.25, 0.3) is 0 Å². The lowest BCUT2D eigenvalue weighted by molar-refractivity contribution is -0.420. The minimum absolute atomic E-state index is 0.308. The van der Waals surface area contributed by atoms with E-state index < -0.39 is 18.2 Å². The van der Waals surface area contributed by atoms with Crippen molar-refractivity contribution in [1.29, 1.82) is 0 Å². The van der Waals surface area contributed by atoms with Crippen molar-refractivity contribution < 1.29 is 29.1 Å². The van der Waals surface area contributed by atoms with Gasteiger partial charge in [0.15, 0.2) is 0 Å². The fourth-order valence-electron chi connectivity index (χ4n) is 1.82. The van der Waals surface area contributed by atoms with E-state index in [0.717, 1.165) is 11.1 Å². The molecule has 0 saturated carbocycles. The van der Waals surface area contributed by atoms with E-state index in [9.17, 15) is 9.59 Å². The maximum Gasteiger partial charge on any atom is 0.373 e. The molecular formula is C19H20O6. The van der Waals surface area contributed by atoms with Crippen LogP contribution in [0.15, 0.2) is 48.5 Å². The first kappa shape index (κ1) is 18.6. The van der Waals surface area contributed by atoms with E-state index in [4.69, 9.17) is 19.6 Å². The first-order chi connectivity index (χ1) is 12.0. The highest BCUT2D eigenvalue weighted by atomic mass is 17.3. The Morgan fingerprint density at radius 3 is 1.44 bits per heavy atom. The highest BCUT2D eigenvalue weighted by Crippen LogP contribution is 2.10. The Balaban J connectivity index is 1.81. The van der Waals surface area contributed by atoms with Gasteiger partial charge in [-0.25, -0.2) is 9.59 Å². The summed E-state index contributed by atoms with van der Waals surface area (Å²) in [5.41, 5.74) is 2.74. The van der Waals surface area contributed by atoms with E-state index in [1.54, 1.807) is 55.5 Å². The highest BCUT2D eigenvalue weighted by Gasteiger charge is 2.17.